The Bertz CT molecular complexity index is 572. The number of phenolic OH excluding ortho intramolecular Hbond substituents is 1. The van der Waals surface area contributed by atoms with Crippen molar-refractivity contribution in [3.63, 3.8) is 0 Å². The van der Waals surface area contributed by atoms with Crippen LogP contribution >= 0.6 is 0 Å². The van der Waals surface area contributed by atoms with Crippen LogP contribution in [-0.4, -0.2) is 10.1 Å². The van der Waals surface area contributed by atoms with Crippen LogP contribution in [-0.2, 0) is 6.54 Å². The van der Waals surface area contributed by atoms with Gasteiger partial charge in [-0.05, 0) is 37.1 Å². The van der Waals surface area contributed by atoms with Crippen molar-refractivity contribution in [3.8, 4) is 5.75 Å². The number of hydrogen-bond donors (Lipinski definition) is 2. The van der Waals surface area contributed by atoms with Crippen molar-refractivity contribution >= 4 is 0 Å². The zero-order valence-corrected chi connectivity index (χ0v) is 11.0. The molecular formula is C15H17FN2O. The molecule has 19 heavy (non-hydrogen) atoms. The summed E-state index contributed by atoms with van der Waals surface area (Å²) in [5.41, 5.74) is 2.79. The van der Waals surface area contributed by atoms with E-state index < -0.39 is 5.82 Å². The second-order valence-corrected chi connectivity index (χ2v) is 4.61. The van der Waals surface area contributed by atoms with Gasteiger partial charge in [0.25, 0.3) is 0 Å². The molecule has 1 heterocycles. The normalized spacial score (nSPS) is 12.4. The largest absolute Gasteiger partial charge is 0.508 e. The Morgan fingerprint density at radius 3 is 2.84 bits per heavy atom. The van der Waals surface area contributed by atoms with Gasteiger partial charge in [0, 0.05) is 36.6 Å². The van der Waals surface area contributed by atoms with Gasteiger partial charge in [0.15, 0.2) is 0 Å². The van der Waals surface area contributed by atoms with E-state index >= 15 is 0 Å². The van der Waals surface area contributed by atoms with E-state index in [0.717, 1.165) is 17.2 Å². The summed E-state index contributed by atoms with van der Waals surface area (Å²) in [5, 5.41) is 12.4. The highest BCUT2D eigenvalue weighted by Gasteiger charge is 2.11. The summed E-state index contributed by atoms with van der Waals surface area (Å²) in [7, 11) is 0. The highest BCUT2D eigenvalue weighted by molar-refractivity contribution is 5.30. The molecule has 0 saturated carbocycles. The molecule has 1 aromatic heterocycles. The molecule has 1 aromatic carbocycles. The van der Waals surface area contributed by atoms with Crippen LogP contribution in [0.4, 0.5) is 4.39 Å². The van der Waals surface area contributed by atoms with Crippen LogP contribution in [0.3, 0.4) is 0 Å². The molecular weight excluding hydrogens is 243 g/mol. The van der Waals surface area contributed by atoms with Crippen LogP contribution in [0.5, 0.6) is 5.75 Å². The SMILES string of the molecule is Cc1ccncc1CNC(C)c1ccc(O)cc1F. The average molecular weight is 260 g/mol. The molecule has 0 spiro atoms. The first-order chi connectivity index (χ1) is 9.08. The van der Waals surface area contributed by atoms with Gasteiger partial charge in [-0.15, -0.1) is 0 Å². The monoisotopic (exact) mass is 260 g/mol. The molecule has 0 aliphatic rings. The maximum Gasteiger partial charge on any atom is 0.131 e. The first kappa shape index (κ1) is 13.5. The summed E-state index contributed by atoms with van der Waals surface area (Å²) >= 11 is 0. The fourth-order valence-corrected chi connectivity index (χ4v) is 1.92. The van der Waals surface area contributed by atoms with Gasteiger partial charge in [0.05, 0.1) is 0 Å². The third kappa shape index (κ3) is 3.29. The summed E-state index contributed by atoms with van der Waals surface area (Å²) in [6.07, 6.45) is 3.56. The number of aromatic hydroxyl groups is 1. The van der Waals surface area contributed by atoms with E-state index in [0.29, 0.717) is 12.1 Å². The van der Waals surface area contributed by atoms with Crippen molar-refractivity contribution in [3.05, 3.63) is 59.2 Å². The molecule has 0 amide bonds. The number of aromatic nitrogens is 1. The van der Waals surface area contributed by atoms with Gasteiger partial charge in [-0.3, -0.25) is 4.98 Å². The Hall–Kier alpha value is -1.94. The third-order valence-corrected chi connectivity index (χ3v) is 3.20. The standard InChI is InChI=1S/C15H17FN2O/c1-10-5-6-17-8-12(10)9-18-11(2)14-4-3-13(19)7-15(14)16/h3-8,11,18-19H,9H2,1-2H3. The van der Waals surface area contributed by atoms with E-state index in [1.165, 1.54) is 6.07 Å². The Morgan fingerprint density at radius 1 is 1.37 bits per heavy atom. The molecule has 1 unspecified atom stereocenters. The number of hydrogen-bond acceptors (Lipinski definition) is 3. The molecule has 4 heteroatoms. The van der Waals surface area contributed by atoms with Crippen molar-refractivity contribution in [2.75, 3.05) is 0 Å². The molecule has 0 radical (unpaired) electrons. The lowest BCUT2D eigenvalue weighted by Gasteiger charge is -2.16. The van der Waals surface area contributed by atoms with Crippen molar-refractivity contribution in [1.29, 1.82) is 0 Å². The van der Waals surface area contributed by atoms with Gasteiger partial charge in [0.1, 0.15) is 11.6 Å². The molecule has 3 nitrogen and oxygen atoms in total. The van der Waals surface area contributed by atoms with Crippen LogP contribution < -0.4 is 5.32 Å². The molecule has 0 saturated heterocycles. The minimum absolute atomic E-state index is 0.0587. The summed E-state index contributed by atoms with van der Waals surface area (Å²) in [6.45, 7) is 4.53. The number of aryl methyl sites for hydroxylation is 1. The van der Waals surface area contributed by atoms with Crippen LogP contribution in [0.2, 0.25) is 0 Å². The average Bonchev–Trinajstić information content (AvgIpc) is 2.37. The Balaban J connectivity index is 2.05. The van der Waals surface area contributed by atoms with E-state index in [4.69, 9.17) is 0 Å². The molecule has 2 N–H and O–H groups in total. The number of halogens is 1. The Labute approximate surface area is 112 Å². The third-order valence-electron chi connectivity index (χ3n) is 3.20. The van der Waals surface area contributed by atoms with Gasteiger partial charge in [-0.25, -0.2) is 4.39 Å². The zero-order valence-electron chi connectivity index (χ0n) is 11.0. The Kier molecular flexibility index (Phi) is 4.12. The lowest BCUT2D eigenvalue weighted by molar-refractivity contribution is 0.463. The van der Waals surface area contributed by atoms with E-state index in [2.05, 4.69) is 10.3 Å². The van der Waals surface area contributed by atoms with Crippen molar-refractivity contribution < 1.29 is 9.50 Å². The first-order valence-electron chi connectivity index (χ1n) is 6.19. The highest BCUT2D eigenvalue weighted by atomic mass is 19.1. The summed E-state index contributed by atoms with van der Waals surface area (Å²) in [5.74, 6) is -0.459. The van der Waals surface area contributed by atoms with Gasteiger partial charge < -0.3 is 10.4 Å². The molecule has 0 aliphatic carbocycles. The fourth-order valence-electron chi connectivity index (χ4n) is 1.92. The van der Waals surface area contributed by atoms with Crippen molar-refractivity contribution in [2.45, 2.75) is 26.4 Å². The first-order valence-corrected chi connectivity index (χ1v) is 6.19. The van der Waals surface area contributed by atoms with Gasteiger partial charge in [-0.1, -0.05) is 6.07 Å². The van der Waals surface area contributed by atoms with Crippen LogP contribution in [0.25, 0.3) is 0 Å². The quantitative estimate of drug-likeness (QED) is 0.888. The number of phenols is 1. The van der Waals surface area contributed by atoms with Gasteiger partial charge in [-0.2, -0.15) is 0 Å². The maximum atomic E-state index is 13.7. The summed E-state index contributed by atoms with van der Waals surface area (Å²) in [4.78, 5) is 4.08. The van der Waals surface area contributed by atoms with Crippen LogP contribution in [0.15, 0.2) is 36.7 Å². The molecule has 0 bridgehead atoms. The number of benzene rings is 1. The molecule has 100 valence electrons. The highest BCUT2D eigenvalue weighted by Crippen LogP contribution is 2.21. The van der Waals surface area contributed by atoms with Crippen molar-refractivity contribution in [2.24, 2.45) is 0 Å². The minimum Gasteiger partial charge on any atom is -0.508 e. The molecule has 0 aliphatic heterocycles. The maximum absolute atomic E-state index is 13.7. The van der Waals surface area contributed by atoms with E-state index in [-0.39, 0.29) is 11.8 Å². The van der Waals surface area contributed by atoms with E-state index in [1.807, 2.05) is 26.1 Å². The molecule has 2 aromatic rings. The zero-order chi connectivity index (χ0) is 13.8. The number of pyridine rings is 1. The lowest BCUT2D eigenvalue weighted by Crippen LogP contribution is -2.19. The fraction of sp³-hybridized carbons (Fsp3) is 0.267. The second-order valence-electron chi connectivity index (χ2n) is 4.61. The molecule has 1 atom stereocenters. The topological polar surface area (TPSA) is 45.2 Å². The minimum atomic E-state index is -0.400. The lowest BCUT2D eigenvalue weighted by atomic mass is 10.1. The molecule has 2 rings (SSSR count). The summed E-state index contributed by atoms with van der Waals surface area (Å²) < 4.78 is 13.7. The van der Waals surface area contributed by atoms with Crippen molar-refractivity contribution in [1.82, 2.24) is 10.3 Å². The Morgan fingerprint density at radius 2 is 2.16 bits per heavy atom. The van der Waals surface area contributed by atoms with E-state index in [9.17, 15) is 9.50 Å². The second kappa shape index (κ2) is 5.80. The van der Waals surface area contributed by atoms with Gasteiger partial charge in [0.2, 0.25) is 0 Å². The van der Waals surface area contributed by atoms with Crippen LogP contribution in [0, 0.1) is 12.7 Å². The van der Waals surface area contributed by atoms with Gasteiger partial charge >= 0.3 is 0 Å². The predicted octanol–water partition coefficient (Wildman–Crippen LogP) is 3.09. The van der Waals surface area contributed by atoms with E-state index in [1.54, 1.807) is 12.3 Å². The smallest absolute Gasteiger partial charge is 0.131 e. The number of rotatable bonds is 4. The molecule has 0 fully saturated rings. The summed E-state index contributed by atoms with van der Waals surface area (Å²) in [6, 6.07) is 6.02. The number of nitrogens with zero attached hydrogens (tertiary/aromatic N) is 1. The predicted molar refractivity (Wildman–Crippen MR) is 72.3 cm³/mol. The van der Waals surface area contributed by atoms with Crippen LogP contribution in [0.1, 0.15) is 29.7 Å². The number of nitrogens with one attached hydrogen (secondary N) is 1.